The summed E-state index contributed by atoms with van der Waals surface area (Å²) < 4.78 is 0. The molecule has 0 aromatic rings. The van der Waals surface area contributed by atoms with Gasteiger partial charge in [0.25, 0.3) is 0 Å². The van der Waals surface area contributed by atoms with Gasteiger partial charge in [-0.25, -0.2) is 0 Å². The van der Waals surface area contributed by atoms with Crippen LogP contribution in [0.1, 0.15) is 19.3 Å². The Balaban J connectivity index is 1.89. The zero-order chi connectivity index (χ0) is 9.97. The third kappa shape index (κ3) is 2.33. The van der Waals surface area contributed by atoms with E-state index in [0.29, 0.717) is 12.5 Å². The van der Waals surface area contributed by atoms with E-state index in [1.54, 1.807) is 0 Å². The number of hydrogen-bond acceptors (Lipinski definition) is 4. The Morgan fingerprint density at radius 3 is 2.36 bits per heavy atom. The fourth-order valence-corrected chi connectivity index (χ4v) is 2.28. The normalized spacial score (nSPS) is 27.7. The van der Waals surface area contributed by atoms with Crippen LogP contribution in [0.2, 0.25) is 0 Å². The fraction of sp³-hybridized carbons (Fsp3) is 0.800. The first-order valence-corrected chi connectivity index (χ1v) is 5.32. The molecular weight excluding hydrogens is 180 g/mol. The van der Waals surface area contributed by atoms with Crippen LogP contribution in [0.15, 0.2) is 11.6 Å². The van der Waals surface area contributed by atoms with Gasteiger partial charge < -0.3 is 10.4 Å². The van der Waals surface area contributed by atoms with Crippen molar-refractivity contribution in [3.8, 4) is 0 Å². The molecule has 0 aromatic carbocycles. The Morgan fingerprint density at radius 1 is 1.07 bits per heavy atom. The van der Waals surface area contributed by atoms with Crippen LogP contribution in [0, 0.1) is 5.92 Å². The van der Waals surface area contributed by atoms with Gasteiger partial charge in [-0.2, -0.15) is 10.1 Å². The molecule has 0 atom stereocenters. The van der Waals surface area contributed by atoms with Gasteiger partial charge in [-0.1, -0.05) is 11.6 Å². The molecule has 14 heavy (non-hydrogen) atoms. The van der Waals surface area contributed by atoms with E-state index in [1.165, 1.54) is 15.7 Å². The highest BCUT2D eigenvalue weighted by Crippen LogP contribution is 2.27. The van der Waals surface area contributed by atoms with Crippen LogP contribution in [0.25, 0.3) is 0 Å². The minimum atomic E-state index is 0.632. The van der Waals surface area contributed by atoms with Crippen molar-refractivity contribution in [3.63, 3.8) is 0 Å². The molecule has 0 radical (unpaired) electrons. The molecule has 0 saturated carbocycles. The minimum Gasteiger partial charge on any atom is -0.314 e. The summed E-state index contributed by atoms with van der Waals surface area (Å²) >= 11 is 0. The molecule has 80 valence electrons. The molecule has 2 heterocycles. The smallest absolute Gasteiger partial charge is 0.0421 e. The van der Waals surface area contributed by atoms with Gasteiger partial charge in [-0.05, 0) is 25.2 Å². The largest absolute Gasteiger partial charge is 0.314 e. The van der Waals surface area contributed by atoms with E-state index in [9.17, 15) is 10.4 Å². The van der Waals surface area contributed by atoms with Crippen molar-refractivity contribution in [2.24, 2.45) is 5.92 Å². The maximum Gasteiger partial charge on any atom is 0.0421 e. The summed E-state index contributed by atoms with van der Waals surface area (Å²) in [5.74, 6) is 0.632. The molecule has 1 saturated heterocycles. The molecule has 0 amide bonds. The maximum absolute atomic E-state index is 9.23. The predicted octanol–water partition coefficient (Wildman–Crippen LogP) is 1.11. The molecule has 0 unspecified atom stereocenters. The molecule has 1 fully saturated rings. The zero-order valence-electron chi connectivity index (χ0n) is 8.39. The molecule has 0 spiro atoms. The summed E-state index contributed by atoms with van der Waals surface area (Å²) in [6, 6.07) is 0. The average molecular weight is 198 g/mol. The minimum absolute atomic E-state index is 0.632. The van der Waals surface area contributed by atoms with Crippen molar-refractivity contribution in [2.75, 3.05) is 26.2 Å². The predicted molar refractivity (Wildman–Crippen MR) is 52.1 cm³/mol. The lowest BCUT2D eigenvalue weighted by Crippen LogP contribution is -2.33. The Labute approximate surface area is 84.3 Å². The van der Waals surface area contributed by atoms with Gasteiger partial charge in [0.1, 0.15) is 0 Å². The summed E-state index contributed by atoms with van der Waals surface area (Å²) in [5, 5.41) is 21.2. The van der Waals surface area contributed by atoms with Crippen molar-refractivity contribution >= 4 is 0 Å². The third-order valence-corrected chi connectivity index (χ3v) is 3.22. The van der Waals surface area contributed by atoms with Crippen LogP contribution in [0.5, 0.6) is 0 Å². The standard InChI is InChI=1S/C10H18N2O2/c13-11-5-1-9(2-6-11)10-3-7-12(14)8-4-10/h1,10,13-14H,2-8H2. The first-order valence-electron chi connectivity index (χ1n) is 5.32. The second-order valence-corrected chi connectivity index (χ2v) is 4.17. The highest BCUT2D eigenvalue weighted by atomic mass is 16.5. The van der Waals surface area contributed by atoms with Gasteiger partial charge in [-0.15, -0.1) is 0 Å². The van der Waals surface area contributed by atoms with E-state index in [1.807, 2.05) is 0 Å². The number of hydrogen-bond donors (Lipinski definition) is 2. The number of rotatable bonds is 1. The lowest BCUT2D eigenvalue weighted by atomic mass is 9.86. The molecule has 2 aliphatic heterocycles. The van der Waals surface area contributed by atoms with Crippen LogP contribution in [-0.4, -0.2) is 46.7 Å². The van der Waals surface area contributed by atoms with Crippen molar-refractivity contribution in [2.45, 2.75) is 19.3 Å². The lowest BCUT2D eigenvalue weighted by Gasteiger charge is -2.31. The van der Waals surface area contributed by atoms with Gasteiger partial charge in [0.05, 0.1) is 0 Å². The van der Waals surface area contributed by atoms with Crippen LogP contribution in [0.3, 0.4) is 0 Å². The van der Waals surface area contributed by atoms with E-state index < -0.39 is 0 Å². The monoisotopic (exact) mass is 198 g/mol. The number of nitrogens with zero attached hydrogens (tertiary/aromatic N) is 2. The van der Waals surface area contributed by atoms with E-state index in [-0.39, 0.29) is 0 Å². The van der Waals surface area contributed by atoms with E-state index >= 15 is 0 Å². The fourth-order valence-electron chi connectivity index (χ4n) is 2.28. The molecule has 2 N–H and O–H groups in total. The third-order valence-electron chi connectivity index (χ3n) is 3.22. The first kappa shape index (κ1) is 10.1. The highest BCUT2D eigenvalue weighted by molar-refractivity contribution is 5.11. The maximum atomic E-state index is 9.23. The second kappa shape index (κ2) is 4.40. The Kier molecular flexibility index (Phi) is 3.18. The van der Waals surface area contributed by atoms with Gasteiger partial charge in [-0.3, -0.25) is 0 Å². The van der Waals surface area contributed by atoms with Gasteiger partial charge in [0.2, 0.25) is 0 Å². The van der Waals surface area contributed by atoms with E-state index in [0.717, 1.165) is 38.9 Å². The number of hydroxylamine groups is 4. The number of piperidine rings is 1. The molecule has 2 aliphatic rings. The molecule has 2 rings (SSSR count). The summed E-state index contributed by atoms with van der Waals surface area (Å²) in [4.78, 5) is 0. The Hall–Kier alpha value is -0.420. The Bertz CT molecular complexity index is 222. The van der Waals surface area contributed by atoms with Gasteiger partial charge in [0, 0.05) is 26.2 Å². The van der Waals surface area contributed by atoms with Crippen LogP contribution >= 0.6 is 0 Å². The van der Waals surface area contributed by atoms with Gasteiger partial charge >= 0.3 is 0 Å². The molecule has 4 heteroatoms. The molecule has 0 aliphatic carbocycles. The molecule has 4 nitrogen and oxygen atoms in total. The quantitative estimate of drug-likeness (QED) is 0.620. The highest BCUT2D eigenvalue weighted by Gasteiger charge is 2.22. The molecule has 0 bridgehead atoms. The Morgan fingerprint density at radius 2 is 1.79 bits per heavy atom. The second-order valence-electron chi connectivity index (χ2n) is 4.17. The van der Waals surface area contributed by atoms with Crippen molar-refractivity contribution in [1.29, 1.82) is 0 Å². The van der Waals surface area contributed by atoms with Crippen LogP contribution in [-0.2, 0) is 0 Å². The topological polar surface area (TPSA) is 46.9 Å². The first-order chi connectivity index (χ1) is 6.75. The van der Waals surface area contributed by atoms with Crippen molar-refractivity contribution in [3.05, 3.63) is 11.6 Å². The molecule has 0 aromatic heterocycles. The van der Waals surface area contributed by atoms with Crippen molar-refractivity contribution in [1.82, 2.24) is 10.1 Å². The van der Waals surface area contributed by atoms with E-state index in [4.69, 9.17) is 0 Å². The van der Waals surface area contributed by atoms with Crippen molar-refractivity contribution < 1.29 is 10.4 Å². The molecular formula is C10H18N2O2. The van der Waals surface area contributed by atoms with E-state index in [2.05, 4.69) is 6.08 Å². The summed E-state index contributed by atoms with van der Waals surface area (Å²) in [6.45, 7) is 2.98. The summed E-state index contributed by atoms with van der Waals surface area (Å²) in [5.41, 5.74) is 1.48. The SMILES string of the molecule is ON1CC=C(C2CCN(O)CC2)CC1. The average Bonchev–Trinajstić information content (AvgIpc) is 2.21. The lowest BCUT2D eigenvalue weighted by molar-refractivity contribution is -0.111. The van der Waals surface area contributed by atoms with Gasteiger partial charge in [0.15, 0.2) is 0 Å². The zero-order valence-corrected chi connectivity index (χ0v) is 8.39. The van der Waals surface area contributed by atoms with Crippen LogP contribution < -0.4 is 0 Å². The summed E-state index contributed by atoms with van der Waals surface area (Å²) in [7, 11) is 0. The summed E-state index contributed by atoms with van der Waals surface area (Å²) in [6.07, 6.45) is 5.22. The van der Waals surface area contributed by atoms with Crippen LogP contribution in [0.4, 0.5) is 0 Å².